The summed E-state index contributed by atoms with van der Waals surface area (Å²) in [6.45, 7) is 4.33. The maximum absolute atomic E-state index is 12.8. The topological polar surface area (TPSA) is 66.4 Å². The van der Waals surface area contributed by atoms with Crippen LogP contribution < -0.4 is 10.7 Å². The summed E-state index contributed by atoms with van der Waals surface area (Å²) >= 11 is 10.8. The molecule has 4 rings (SSSR count). The van der Waals surface area contributed by atoms with Gasteiger partial charge in [0, 0.05) is 20.6 Å². The molecule has 1 heterocycles. The van der Waals surface area contributed by atoms with E-state index in [2.05, 4.69) is 62.7 Å². The van der Waals surface area contributed by atoms with E-state index in [-0.39, 0.29) is 5.91 Å². The second kappa shape index (κ2) is 11.0. The minimum absolute atomic E-state index is 0.216. The van der Waals surface area contributed by atoms with Crippen molar-refractivity contribution >= 4 is 61.1 Å². The first kappa shape index (κ1) is 24.1. The monoisotopic (exact) mass is 552 g/mol. The molecule has 172 valence electrons. The molecular weight excluding hydrogens is 532 g/mol. The third-order valence-corrected chi connectivity index (χ3v) is 6.71. The normalized spacial score (nSPS) is 11.2. The quantitative estimate of drug-likeness (QED) is 0.180. The molecular formula is C26H22BrClN4OS. The number of carbonyl (C=O) groups is 1. The van der Waals surface area contributed by atoms with Crippen molar-refractivity contribution in [1.82, 2.24) is 4.98 Å². The Morgan fingerprint density at radius 2 is 1.71 bits per heavy atom. The van der Waals surface area contributed by atoms with Gasteiger partial charge in [0.05, 0.1) is 6.21 Å². The molecule has 0 bridgehead atoms. The van der Waals surface area contributed by atoms with Crippen molar-refractivity contribution in [3.05, 3.63) is 99.0 Å². The third kappa shape index (κ3) is 6.11. The van der Waals surface area contributed by atoms with E-state index in [4.69, 9.17) is 11.6 Å². The molecule has 8 heteroatoms. The highest BCUT2D eigenvalue weighted by Crippen LogP contribution is 2.36. The number of hydrazone groups is 1. The standard InChI is InChI=1S/C26H22BrClN4OS/c1-16(2)18-5-3-17(4-6-18)15-29-32-26-30-23(19-9-13-22(28)14-10-19)25(34-26)31-24(33)20-7-11-21(27)12-8-20/h3-16H,1-2H3,(H,30,32)(H,31,33)/b29-15-. The Balaban J connectivity index is 1.56. The second-order valence-corrected chi connectivity index (χ2v) is 10.2. The Morgan fingerprint density at radius 3 is 2.35 bits per heavy atom. The molecule has 1 aromatic heterocycles. The van der Waals surface area contributed by atoms with Crippen molar-refractivity contribution < 1.29 is 4.79 Å². The number of halogens is 2. The molecule has 34 heavy (non-hydrogen) atoms. The fraction of sp³-hybridized carbons (Fsp3) is 0.115. The smallest absolute Gasteiger partial charge is 0.256 e. The largest absolute Gasteiger partial charge is 0.312 e. The molecule has 3 aromatic carbocycles. The zero-order valence-electron chi connectivity index (χ0n) is 18.5. The Kier molecular flexibility index (Phi) is 7.77. The fourth-order valence-electron chi connectivity index (χ4n) is 3.16. The lowest BCUT2D eigenvalue weighted by Gasteiger charge is -2.06. The van der Waals surface area contributed by atoms with Gasteiger partial charge in [-0.2, -0.15) is 5.10 Å². The van der Waals surface area contributed by atoms with Gasteiger partial charge in [0.1, 0.15) is 10.7 Å². The van der Waals surface area contributed by atoms with Crippen LogP contribution in [-0.2, 0) is 0 Å². The molecule has 0 fully saturated rings. The number of carbonyl (C=O) groups excluding carboxylic acids is 1. The predicted octanol–water partition coefficient (Wildman–Crippen LogP) is 8.05. The summed E-state index contributed by atoms with van der Waals surface area (Å²) in [5.41, 5.74) is 7.29. The predicted molar refractivity (Wildman–Crippen MR) is 146 cm³/mol. The Labute approximate surface area is 216 Å². The molecule has 0 radical (unpaired) electrons. The molecule has 0 atom stereocenters. The summed E-state index contributed by atoms with van der Waals surface area (Å²) in [6.07, 6.45) is 1.74. The average Bonchev–Trinajstić information content (AvgIpc) is 3.22. The molecule has 1 amide bonds. The summed E-state index contributed by atoms with van der Waals surface area (Å²) in [5.74, 6) is 0.267. The molecule has 5 nitrogen and oxygen atoms in total. The maximum Gasteiger partial charge on any atom is 0.256 e. The molecule has 2 N–H and O–H groups in total. The van der Waals surface area contributed by atoms with Crippen LogP contribution in [0.25, 0.3) is 11.3 Å². The minimum Gasteiger partial charge on any atom is -0.312 e. The van der Waals surface area contributed by atoms with Crippen LogP contribution >= 0.6 is 38.9 Å². The van der Waals surface area contributed by atoms with E-state index in [1.54, 1.807) is 30.5 Å². The first-order valence-corrected chi connectivity index (χ1v) is 12.6. The van der Waals surface area contributed by atoms with Crippen molar-refractivity contribution in [2.24, 2.45) is 5.10 Å². The average molecular weight is 554 g/mol. The number of anilines is 2. The second-order valence-electron chi connectivity index (χ2n) is 7.86. The number of rotatable bonds is 7. The minimum atomic E-state index is -0.216. The van der Waals surface area contributed by atoms with Gasteiger partial charge in [-0.05, 0) is 53.4 Å². The Hall–Kier alpha value is -3.00. The van der Waals surface area contributed by atoms with E-state index in [1.807, 2.05) is 36.4 Å². The van der Waals surface area contributed by atoms with E-state index < -0.39 is 0 Å². The van der Waals surface area contributed by atoms with Gasteiger partial charge in [-0.3, -0.25) is 10.2 Å². The maximum atomic E-state index is 12.8. The van der Waals surface area contributed by atoms with Crippen LogP contribution in [0.15, 0.2) is 82.4 Å². The molecule has 0 saturated carbocycles. The number of nitrogens with zero attached hydrogens (tertiary/aromatic N) is 2. The van der Waals surface area contributed by atoms with Crippen molar-refractivity contribution in [3.8, 4) is 11.3 Å². The number of thiazole rings is 1. The lowest BCUT2D eigenvalue weighted by molar-refractivity contribution is 0.102. The van der Waals surface area contributed by atoms with Gasteiger partial charge in [0.25, 0.3) is 5.91 Å². The summed E-state index contributed by atoms with van der Waals surface area (Å²) < 4.78 is 0.909. The number of benzene rings is 3. The lowest BCUT2D eigenvalue weighted by Crippen LogP contribution is -2.11. The van der Waals surface area contributed by atoms with E-state index >= 15 is 0 Å². The van der Waals surface area contributed by atoms with Gasteiger partial charge in [0.2, 0.25) is 5.13 Å². The fourth-order valence-corrected chi connectivity index (χ4v) is 4.38. The summed E-state index contributed by atoms with van der Waals surface area (Å²) in [5, 5.41) is 9.12. The van der Waals surface area contributed by atoms with Crippen molar-refractivity contribution in [2.75, 3.05) is 10.7 Å². The van der Waals surface area contributed by atoms with E-state index in [0.717, 1.165) is 15.6 Å². The van der Waals surface area contributed by atoms with E-state index in [0.29, 0.717) is 32.3 Å². The molecule has 0 aliphatic rings. The van der Waals surface area contributed by atoms with Gasteiger partial charge < -0.3 is 5.32 Å². The van der Waals surface area contributed by atoms with Crippen LogP contribution in [0.4, 0.5) is 10.1 Å². The van der Waals surface area contributed by atoms with Crippen molar-refractivity contribution in [3.63, 3.8) is 0 Å². The highest BCUT2D eigenvalue weighted by atomic mass is 79.9. The summed E-state index contributed by atoms with van der Waals surface area (Å²) in [6, 6.07) is 22.8. The molecule has 0 saturated heterocycles. The molecule has 0 unspecified atom stereocenters. The van der Waals surface area contributed by atoms with Crippen molar-refractivity contribution in [2.45, 2.75) is 19.8 Å². The number of hydrogen-bond acceptors (Lipinski definition) is 5. The van der Waals surface area contributed by atoms with Gasteiger partial charge in [-0.25, -0.2) is 4.98 Å². The van der Waals surface area contributed by atoms with Gasteiger partial charge in [-0.1, -0.05) is 89.1 Å². The van der Waals surface area contributed by atoms with Gasteiger partial charge >= 0.3 is 0 Å². The number of aromatic nitrogens is 1. The van der Waals surface area contributed by atoms with Crippen LogP contribution in [0.2, 0.25) is 5.02 Å². The van der Waals surface area contributed by atoms with Gasteiger partial charge in [-0.15, -0.1) is 0 Å². The van der Waals surface area contributed by atoms with E-state index in [1.165, 1.54) is 16.9 Å². The van der Waals surface area contributed by atoms with Crippen LogP contribution in [-0.4, -0.2) is 17.1 Å². The molecule has 0 aliphatic carbocycles. The van der Waals surface area contributed by atoms with E-state index in [9.17, 15) is 4.79 Å². The number of amides is 1. The molecule has 0 spiro atoms. The third-order valence-electron chi connectivity index (χ3n) is 5.06. The highest BCUT2D eigenvalue weighted by molar-refractivity contribution is 9.10. The number of nitrogens with one attached hydrogen (secondary N) is 2. The highest BCUT2D eigenvalue weighted by Gasteiger charge is 2.16. The summed E-state index contributed by atoms with van der Waals surface area (Å²) in [4.78, 5) is 17.5. The first-order chi connectivity index (χ1) is 16.4. The molecule has 0 aliphatic heterocycles. The Bertz CT molecular complexity index is 1300. The number of hydrogen-bond donors (Lipinski definition) is 2. The van der Waals surface area contributed by atoms with Crippen LogP contribution in [0.5, 0.6) is 0 Å². The van der Waals surface area contributed by atoms with Crippen LogP contribution in [0.3, 0.4) is 0 Å². The molecule has 4 aromatic rings. The van der Waals surface area contributed by atoms with Crippen LogP contribution in [0, 0.1) is 0 Å². The zero-order chi connectivity index (χ0) is 24.1. The summed E-state index contributed by atoms with van der Waals surface area (Å²) in [7, 11) is 0. The first-order valence-electron chi connectivity index (χ1n) is 10.6. The SMILES string of the molecule is CC(C)c1ccc(/C=N\Nc2nc(-c3ccc(Cl)cc3)c(NC(=O)c3ccc(Br)cc3)s2)cc1. The lowest BCUT2D eigenvalue weighted by atomic mass is 10.0. The zero-order valence-corrected chi connectivity index (χ0v) is 21.7. The van der Waals surface area contributed by atoms with Gasteiger partial charge in [0.15, 0.2) is 0 Å². The van der Waals surface area contributed by atoms with Crippen molar-refractivity contribution in [1.29, 1.82) is 0 Å². The van der Waals surface area contributed by atoms with Crippen LogP contribution in [0.1, 0.15) is 41.3 Å². The Morgan fingerprint density at radius 1 is 1.03 bits per heavy atom.